The minimum atomic E-state index is -0.255. The second-order valence-corrected chi connectivity index (χ2v) is 7.74. The molecule has 1 heterocycles. The first-order valence-corrected chi connectivity index (χ1v) is 10.9. The van der Waals surface area contributed by atoms with E-state index in [4.69, 9.17) is 4.74 Å². The number of aromatic nitrogens is 3. The summed E-state index contributed by atoms with van der Waals surface area (Å²) in [7, 11) is 1.61. The highest BCUT2D eigenvalue weighted by Crippen LogP contribution is 2.23. The lowest BCUT2D eigenvalue weighted by atomic mass is 10.2. The molecule has 0 atom stereocenters. The summed E-state index contributed by atoms with van der Waals surface area (Å²) in [6.45, 7) is 4.76. The maximum atomic E-state index is 13.1. The minimum absolute atomic E-state index is 0.0698. The smallest absolute Gasteiger partial charge is 0.220 e. The molecule has 0 fully saturated rings. The van der Waals surface area contributed by atoms with E-state index in [0.717, 1.165) is 27.9 Å². The second-order valence-electron chi connectivity index (χ2n) is 6.80. The number of hydrogen-bond acceptors (Lipinski definition) is 5. The zero-order chi connectivity index (χ0) is 22.1. The molecule has 31 heavy (non-hydrogen) atoms. The number of thioether (sulfide) groups is 1. The summed E-state index contributed by atoms with van der Waals surface area (Å²) >= 11 is 1.52. The summed E-state index contributed by atoms with van der Waals surface area (Å²) in [6.07, 6.45) is 2.54. The zero-order valence-electron chi connectivity index (χ0n) is 17.4. The average Bonchev–Trinajstić information content (AvgIpc) is 3.17. The molecule has 6 nitrogen and oxygen atoms in total. The Balaban J connectivity index is 1.56. The number of ether oxygens (including phenoxy) is 1. The molecule has 0 aliphatic rings. The predicted molar refractivity (Wildman–Crippen MR) is 119 cm³/mol. The molecule has 1 aromatic heterocycles. The number of methoxy groups -OCH3 is 1. The van der Waals surface area contributed by atoms with Gasteiger partial charge in [0, 0.05) is 37.2 Å². The van der Waals surface area contributed by atoms with E-state index in [1.165, 1.54) is 23.9 Å². The Hall–Kier alpha value is -3.13. The molecule has 3 aromatic rings. The third-order valence-electron chi connectivity index (χ3n) is 4.63. The van der Waals surface area contributed by atoms with Gasteiger partial charge >= 0.3 is 0 Å². The number of nitrogens with one attached hydrogen (secondary N) is 1. The van der Waals surface area contributed by atoms with Crippen LogP contribution in [0.2, 0.25) is 0 Å². The van der Waals surface area contributed by atoms with E-state index in [9.17, 15) is 9.18 Å². The van der Waals surface area contributed by atoms with Crippen LogP contribution < -0.4 is 10.1 Å². The third-order valence-corrected chi connectivity index (χ3v) is 5.67. The molecule has 3 rings (SSSR count). The first kappa shape index (κ1) is 22.6. The number of halogens is 1. The number of rotatable bonds is 11. The SMILES string of the molecule is C=CCn1c(CCC(=O)NCc2ccccc2OC)nnc1SCc1ccc(F)cc1. The van der Waals surface area contributed by atoms with Gasteiger partial charge in [0.15, 0.2) is 5.16 Å². The van der Waals surface area contributed by atoms with Crippen LogP contribution in [0.3, 0.4) is 0 Å². The number of benzene rings is 2. The fourth-order valence-corrected chi connectivity index (χ4v) is 3.93. The quantitative estimate of drug-likeness (QED) is 0.358. The first-order valence-electron chi connectivity index (χ1n) is 9.89. The molecule has 0 unspecified atom stereocenters. The lowest BCUT2D eigenvalue weighted by Gasteiger charge is -2.10. The summed E-state index contributed by atoms with van der Waals surface area (Å²) in [5.41, 5.74) is 1.92. The van der Waals surface area contributed by atoms with Crippen LogP contribution in [0.15, 0.2) is 66.3 Å². The lowest BCUT2D eigenvalue weighted by molar-refractivity contribution is -0.121. The molecule has 0 saturated heterocycles. The van der Waals surface area contributed by atoms with E-state index in [2.05, 4.69) is 22.1 Å². The Morgan fingerprint density at radius 2 is 2.00 bits per heavy atom. The number of carbonyl (C=O) groups is 1. The number of hydrogen-bond donors (Lipinski definition) is 1. The predicted octanol–water partition coefficient (Wildman–Crippen LogP) is 4.15. The molecule has 2 aromatic carbocycles. The van der Waals surface area contributed by atoms with Gasteiger partial charge in [0.2, 0.25) is 5.91 Å². The fraction of sp³-hybridized carbons (Fsp3) is 0.261. The van der Waals surface area contributed by atoms with Crippen molar-refractivity contribution in [3.8, 4) is 5.75 Å². The van der Waals surface area contributed by atoms with Gasteiger partial charge in [0.1, 0.15) is 17.4 Å². The van der Waals surface area contributed by atoms with Crippen LogP contribution in [0, 0.1) is 5.82 Å². The monoisotopic (exact) mass is 440 g/mol. The Kier molecular flexibility index (Phi) is 8.23. The third kappa shape index (κ3) is 6.42. The number of amides is 1. The maximum absolute atomic E-state index is 13.1. The Morgan fingerprint density at radius 1 is 1.23 bits per heavy atom. The van der Waals surface area contributed by atoms with Crippen LogP contribution in [0.4, 0.5) is 4.39 Å². The van der Waals surface area contributed by atoms with Crippen LogP contribution in [0.1, 0.15) is 23.4 Å². The van der Waals surface area contributed by atoms with E-state index >= 15 is 0 Å². The highest BCUT2D eigenvalue weighted by Gasteiger charge is 2.14. The zero-order valence-corrected chi connectivity index (χ0v) is 18.2. The molecule has 0 aliphatic heterocycles. The number of allylic oxidation sites excluding steroid dienone is 1. The standard InChI is InChI=1S/C23H25FN4O2S/c1-3-14-28-21(26-27-23(28)31-16-17-8-10-19(24)11-9-17)12-13-22(29)25-15-18-6-4-5-7-20(18)30-2/h3-11H,1,12-16H2,2H3,(H,25,29). The molecule has 162 valence electrons. The van der Waals surface area contributed by atoms with Gasteiger partial charge in [-0.15, -0.1) is 16.8 Å². The summed E-state index contributed by atoms with van der Waals surface area (Å²) in [4.78, 5) is 12.3. The molecular formula is C23H25FN4O2S. The van der Waals surface area contributed by atoms with E-state index < -0.39 is 0 Å². The van der Waals surface area contributed by atoms with Crippen molar-refractivity contribution in [1.82, 2.24) is 20.1 Å². The summed E-state index contributed by atoms with van der Waals surface area (Å²) in [5.74, 6) is 1.80. The van der Waals surface area contributed by atoms with Crippen LogP contribution in [-0.4, -0.2) is 27.8 Å². The normalized spacial score (nSPS) is 10.6. The van der Waals surface area contributed by atoms with Crippen molar-refractivity contribution in [3.63, 3.8) is 0 Å². The molecule has 0 bridgehead atoms. The van der Waals surface area contributed by atoms with Gasteiger partial charge in [0.25, 0.3) is 0 Å². The van der Waals surface area contributed by atoms with Crippen molar-refractivity contribution in [1.29, 1.82) is 0 Å². The maximum Gasteiger partial charge on any atom is 0.220 e. The van der Waals surface area contributed by atoms with Crippen LogP contribution in [0.25, 0.3) is 0 Å². The molecule has 8 heteroatoms. The highest BCUT2D eigenvalue weighted by molar-refractivity contribution is 7.98. The minimum Gasteiger partial charge on any atom is -0.496 e. The van der Waals surface area contributed by atoms with Crippen molar-refractivity contribution in [2.75, 3.05) is 7.11 Å². The van der Waals surface area contributed by atoms with Crippen molar-refractivity contribution in [2.45, 2.75) is 36.8 Å². The van der Waals surface area contributed by atoms with E-state index in [1.54, 1.807) is 25.3 Å². The molecular weight excluding hydrogens is 415 g/mol. The van der Waals surface area contributed by atoms with Gasteiger partial charge in [-0.2, -0.15) is 0 Å². The van der Waals surface area contributed by atoms with Crippen LogP contribution in [0.5, 0.6) is 5.75 Å². The van der Waals surface area contributed by atoms with Gasteiger partial charge in [0.05, 0.1) is 7.11 Å². The molecule has 0 radical (unpaired) electrons. The molecule has 0 aliphatic carbocycles. The molecule has 0 saturated carbocycles. The summed E-state index contributed by atoms with van der Waals surface area (Å²) in [6, 6.07) is 14.0. The van der Waals surface area contributed by atoms with Crippen molar-refractivity contribution >= 4 is 17.7 Å². The van der Waals surface area contributed by atoms with Crippen LogP contribution >= 0.6 is 11.8 Å². The number of aryl methyl sites for hydroxylation is 1. The fourth-order valence-electron chi connectivity index (χ4n) is 3.01. The highest BCUT2D eigenvalue weighted by atomic mass is 32.2. The van der Waals surface area contributed by atoms with E-state index in [-0.39, 0.29) is 11.7 Å². The topological polar surface area (TPSA) is 69.0 Å². The Morgan fingerprint density at radius 3 is 2.74 bits per heavy atom. The van der Waals surface area contributed by atoms with Gasteiger partial charge in [-0.05, 0) is 23.8 Å². The van der Waals surface area contributed by atoms with Crippen molar-refractivity contribution in [3.05, 3.63) is 84.0 Å². The van der Waals surface area contributed by atoms with Crippen molar-refractivity contribution < 1.29 is 13.9 Å². The molecule has 0 spiro atoms. The molecule has 1 N–H and O–H groups in total. The van der Waals surface area contributed by atoms with Crippen LogP contribution in [-0.2, 0) is 30.1 Å². The first-order chi connectivity index (χ1) is 15.1. The van der Waals surface area contributed by atoms with Crippen molar-refractivity contribution in [2.24, 2.45) is 0 Å². The molecule has 1 amide bonds. The lowest BCUT2D eigenvalue weighted by Crippen LogP contribution is -2.23. The van der Waals surface area contributed by atoms with Gasteiger partial charge in [-0.25, -0.2) is 4.39 Å². The van der Waals surface area contributed by atoms with E-state index in [1.807, 2.05) is 28.8 Å². The summed E-state index contributed by atoms with van der Waals surface area (Å²) in [5, 5.41) is 12.2. The van der Waals surface area contributed by atoms with Gasteiger partial charge in [-0.1, -0.05) is 48.2 Å². The largest absolute Gasteiger partial charge is 0.496 e. The average molecular weight is 441 g/mol. The number of carbonyl (C=O) groups excluding carboxylic acids is 1. The number of nitrogens with zero attached hydrogens (tertiary/aromatic N) is 3. The Labute approximate surface area is 185 Å². The Bertz CT molecular complexity index is 1020. The van der Waals surface area contributed by atoms with E-state index in [0.29, 0.717) is 31.7 Å². The number of para-hydroxylation sites is 1. The van der Waals surface area contributed by atoms with Gasteiger partial charge in [-0.3, -0.25) is 4.79 Å². The second kappa shape index (κ2) is 11.3. The summed E-state index contributed by atoms with van der Waals surface area (Å²) < 4.78 is 20.3. The van der Waals surface area contributed by atoms with Gasteiger partial charge < -0.3 is 14.6 Å².